The third-order valence-corrected chi connectivity index (χ3v) is 3.49. The average molecular weight is 261 g/mol. The molecule has 4 heteroatoms. The summed E-state index contributed by atoms with van der Waals surface area (Å²) in [4.78, 5) is 24.9. The van der Waals surface area contributed by atoms with Crippen LogP contribution in [0.5, 0.6) is 0 Å². The molecule has 102 valence electrons. The molecule has 0 bridgehead atoms. The maximum atomic E-state index is 11.8. The van der Waals surface area contributed by atoms with Crippen molar-refractivity contribution in [3.63, 3.8) is 0 Å². The van der Waals surface area contributed by atoms with Gasteiger partial charge in [0.2, 0.25) is 5.91 Å². The molecular formula is C15H19NO3. The normalized spacial score (nSPS) is 18.7. The minimum Gasteiger partial charge on any atom is -0.469 e. The first kappa shape index (κ1) is 13.6. The van der Waals surface area contributed by atoms with Crippen LogP contribution in [0.25, 0.3) is 0 Å². The van der Waals surface area contributed by atoms with Crippen molar-refractivity contribution in [3.8, 4) is 0 Å². The molecule has 1 amide bonds. The number of likely N-dealkylation sites (tertiary alicyclic amines) is 1. The molecular weight excluding hydrogens is 242 g/mol. The van der Waals surface area contributed by atoms with Crippen molar-refractivity contribution in [2.75, 3.05) is 20.2 Å². The summed E-state index contributed by atoms with van der Waals surface area (Å²) >= 11 is 0. The predicted molar refractivity (Wildman–Crippen MR) is 71.5 cm³/mol. The molecule has 0 radical (unpaired) electrons. The zero-order valence-corrected chi connectivity index (χ0v) is 11.2. The molecule has 1 aliphatic heterocycles. The predicted octanol–water partition coefficient (Wildman–Crippen LogP) is 1.64. The summed E-state index contributed by atoms with van der Waals surface area (Å²) in [5.74, 6) is -0.503. The fraction of sp³-hybridized carbons (Fsp3) is 0.467. The molecule has 1 unspecified atom stereocenters. The Bertz CT molecular complexity index is 444. The van der Waals surface area contributed by atoms with Crippen molar-refractivity contribution < 1.29 is 14.3 Å². The second-order valence-electron chi connectivity index (χ2n) is 4.85. The summed E-state index contributed by atoms with van der Waals surface area (Å²) in [6.07, 6.45) is 2.16. The fourth-order valence-corrected chi connectivity index (χ4v) is 2.43. The smallest absolute Gasteiger partial charge is 0.310 e. The lowest BCUT2D eigenvalue weighted by atomic mass is 10.1. The maximum Gasteiger partial charge on any atom is 0.310 e. The van der Waals surface area contributed by atoms with Gasteiger partial charge in [0.25, 0.3) is 0 Å². The van der Waals surface area contributed by atoms with E-state index in [0.29, 0.717) is 13.1 Å². The van der Waals surface area contributed by atoms with E-state index in [1.165, 1.54) is 12.7 Å². The van der Waals surface area contributed by atoms with Gasteiger partial charge in [-0.2, -0.15) is 0 Å². The van der Waals surface area contributed by atoms with E-state index < -0.39 is 0 Å². The van der Waals surface area contributed by atoms with Gasteiger partial charge in [-0.25, -0.2) is 0 Å². The highest BCUT2D eigenvalue weighted by Crippen LogP contribution is 2.19. The van der Waals surface area contributed by atoms with Gasteiger partial charge >= 0.3 is 5.97 Å². The summed E-state index contributed by atoms with van der Waals surface area (Å²) < 4.78 is 4.69. The lowest BCUT2D eigenvalue weighted by Crippen LogP contribution is -2.27. The van der Waals surface area contributed by atoms with Crippen molar-refractivity contribution in [1.29, 1.82) is 0 Å². The molecule has 0 spiro atoms. The van der Waals surface area contributed by atoms with Crippen LogP contribution >= 0.6 is 0 Å². The largest absolute Gasteiger partial charge is 0.469 e. The zero-order chi connectivity index (χ0) is 13.7. The second-order valence-corrected chi connectivity index (χ2v) is 4.85. The first-order valence-electron chi connectivity index (χ1n) is 6.60. The van der Waals surface area contributed by atoms with Gasteiger partial charge in [-0.15, -0.1) is 0 Å². The Balaban J connectivity index is 1.78. The highest BCUT2D eigenvalue weighted by molar-refractivity contribution is 5.86. The van der Waals surface area contributed by atoms with Gasteiger partial charge in [-0.05, 0) is 18.4 Å². The van der Waals surface area contributed by atoms with Crippen LogP contribution in [0.4, 0.5) is 0 Å². The Morgan fingerprint density at radius 1 is 1.37 bits per heavy atom. The number of methoxy groups -OCH3 is 1. The number of carbonyl (C=O) groups excluding carboxylic acids is 2. The molecule has 0 saturated carbocycles. The van der Waals surface area contributed by atoms with Gasteiger partial charge < -0.3 is 9.64 Å². The lowest BCUT2D eigenvalue weighted by Gasteiger charge is -2.15. The SMILES string of the molecule is COC(=O)C1CC(=O)N(CCCc2ccccc2)C1. The zero-order valence-electron chi connectivity index (χ0n) is 11.2. The molecule has 2 rings (SSSR count). The summed E-state index contributed by atoms with van der Waals surface area (Å²) in [5, 5.41) is 0. The van der Waals surface area contributed by atoms with Crippen LogP contribution in [-0.2, 0) is 20.7 Å². The van der Waals surface area contributed by atoms with Crippen LogP contribution in [0.15, 0.2) is 30.3 Å². The van der Waals surface area contributed by atoms with Gasteiger partial charge in [0.1, 0.15) is 0 Å². The molecule has 1 aromatic carbocycles. The third-order valence-electron chi connectivity index (χ3n) is 3.49. The number of hydrogen-bond donors (Lipinski definition) is 0. The molecule has 1 fully saturated rings. The molecule has 1 aromatic rings. The number of carbonyl (C=O) groups is 2. The Morgan fingerprint density at radius 2 is 2.11 bits per heavy atom. The van der Waals surface area contributed by atoms with E-state index >= 15 is 0 Å². The molecule has 1 saturated heterocycles. The van der Waals surface area contributed by atoms with E-state index in [1.54, 1.807) is 4.90 Å². The monoisotopic (exact) mass is 261 g/mol. The van der Waals surface area contributed by atoms with E-state index in [0.717, 1.165) is 12.8 Å². The average Bonchev–Trinajstić information content (AvgIpc) is 2.81. The number of hydrogen-bond acceptors (Lipinski definition) is 3. The van der Waals surface area contributed by atoms with E-state index in [9.17, 15) is 9.59 Å². The van der Waals surface area contributed by atoms with Crippen molar-refractivity contribution in [1.82, 2.24) is 4.90 Å². The van der Waals surface area contributed by atoms with Gasteiger partial charge in [-0.1, -0.05) is 30.3 Å². The molecule has 19 heavy (non-hydrogen) atoms. The Hall–Kier alpha value is -1.84. The number of benzene rings is 1. The summed E-state index contributed by atoms with van der Waals surface area (Å²) in [7, 11) is 1.37. The van der Waals surface area contributed by atoms with E-state index in [4.69, 9.17) is 0 Å². The maximum absolute atomic E-state index is 11.8. The van der Waals surface area contributed by atoms with Gasteiger partial charge in [0.05, 0.1) is 13.0 Å². The Kier molecular flexibility index (Phi) is 4.55. The summed E-state index contributed by atoms with van der Waals surface area (Å²) in [6, 6.07) is 10.2. The first-order valence-corrected chi connectivity index (χ1v) is 6.60. The highest BCUT2D eigenvalue weighted by Gasteiger charge is 2.34. The Morgan fingerprint density at radius 3 is 2.79 bits per heavy atom. The van der Waals surface area contributed by atoms with Gasteiger partial charge in [-0.3, -0.25) is 9.59 Å². The van der Waals surface area contributed by atoms with Crippen LogP contribution in [0.2, 0.25) is 0 Å². The number of ether oxygens (including phenoxy) is 1. The van der Waals surface area contributed by atoms with E-state index in [2.05, 4.69) is 16.9 Å². The standard InChI is InChI=1S/C15H19NO3/c1-19-15(18)13-10-14(17)16(11-13)9-5-8-12-6-3-2-4-7-12/h2-4,6-7,13H,5,8-11H2,1H3. The molecule has 0 aromatic heterocycles. The number of amides is 1. The number of rotatable bonds is 5. The second kappa shape index (κ2) is 6.36. The van der Waals surface area contributed by atoms with Crippen LogP contribution in [0, 0.1) is 5.92 Å². The Labute approximate surface area is 113 Å². The molecule has 0 N–H and O–H groups in total. The summed E-state index contributed by atoms with van der Waals surface area (Å²) in [5.41, 5.74) is 1.28. The lowest BCUT2D eigenvalue weighted by molar-refractivity contribution is -0.145. The number of esters is 1. The third kappa shape index (κ3) is 3.56. The quantitative estimate of drug-likeness (QED) is 0.757. The van der Waals surface area contributed by atoms with Crippen LogP contribution in [0.1, 0.15) is 18.4 Å². The molecule has 1 aliphatic rings. The highest BCUT2D eigenvalue weighted by atomic mass is 16.5. The number of aryl methyl sites for hydroxylation is 1. The molecule has 1 atom stereocenters. The van der Waals surface area contributed by atoms with Crippen molar-refractivity contribution in [2.45, 2.75) is 19.3 Å². The molecule has 0 aliphatic carbocycles. The van der Waals surface area contributed by atoms with Crippen molar-refractivity contribution in [2.24, 2.45) is 5.92 Å². The van der Waals surface area contributed by atoms with Gasteiger partial charge in [0.15, 0.2) is 0 Å². The van der Waals surface area contributed by atoms with E-state index in [1.807, 2.05) is 18.2 Å². The van der Waals surface area contributed by atoms with Crippen LogP contribution in [0.3, 0.4) is 0 Å². The van der Waals surface area contributed by atoms with E-state index in [-0.39, 0.29) is 24.2 Å². The summed E-state index contributed by atoms with van der Waals surface area (Å²) in [6.45, 7) is 1.21. The fourth-order valence-electron chi connectivity index (χ4n) is 2.43. The minimum atomic E-state index is -0.283. The topological polar surface area (TPSA) is 46.6 Å². The van der Waals surface area contributed by atoms with Crippen molar-refractivity contribution in [3.05, 3.63) is 35.9 Å². The number of nitrogens with zero attached hydrogens (tertiary/aromatic N) is 1. The minimum absolute atomic E-state index is 0.0588. The first-order chi connectivity index (χ1) is 9.20. The molecule has 4 nitrogen and oxygen atoms in total. The molecule has 1 heterocycles. The van der Waals surface area contributed by atoms with Crippen molar-refractivity contribution >= 4 is 11.9 Å². The van der Waals surface area contributed by atoms with Gasteiger partial charge in [0, 0.05) is 19.5 Å². The van der Waals surface area contributed by atoms with Crippen LogP contribution in [-0.4, -0.2) is 37.0 Å². The van der Waals surface area contributed by atoms with Crippen LogP contribution < -0.4 is 0 Å².